The van der Waals surface area contributed by atoms with Crippen LogP contribution in [0.25, 0.3) is 27.8 Å². The number of anilines is 1. The van der Waals surface area contributed by atoms with Crippen LogP contribution in [0.5, 0.6) is 0 Å². The summed E-state index contributed by atoms with van der Waals surface area (Å²) in [6.45, 7) is 3.42. The number of benzene rings is 2. The Balaban J connectivity index is 1.67. The average Bonchev–Trinajstić information content (AvgIpc) is 3.23. The van der Waals surface area contributed by atoms with E-state index in [1.165, 1.54) is 12.1 Å². The van der Waals surface area contributed by atoms with E-state index in [0.29, 0.717) is 40.9 Å². The second-order valence-electron chi connectivity index (χ2n) is 7.82. The molecular formula is C23H21ClFN5O2. The largest absolute Gasteiger partial charge is 0.466 e. The van der Waals surface area contributed by atoms with Crippen LogP contribution in [-0.4, -0.2) is 45.5 Å². The Morgan fingerprint density at radius 2 is 2.16 bits per heavy atom. The van der Waals surface area contributed by atoms with Crippen LogP contribution >= 0.6 is 11.6 Å². The molecule has 3 heterocycles. The van der Waals surface area contributed by atoms with Gasteiger partial charge < -0.3 is 9.64 Å². The van der Waals surface area contributed by atoms with Crippen LogP contribution in [0.1, 0.15) is 19.8 Å². The van der Waals surface area contributed by atoms with Gasteiger partial charge in [-0.1, -0.05) is 28.9 Å². The Labute approximate surface area is 188 Å². The number of aromatic nitrogens is 4. The minimum atomic E-state index is -0.357. The van der Waals surface area contributed by atoms with Crippen molar-refractivity contribution in [3.63, 3.8) is 0 Å². The van der Waals surface area contributed by atoms with E-state index in [1.54, 1.807) is 22.7 Å². The quantitative estimate of drug-likeness (QED) is 0.423. The molecule has 0 radical (unpaired) electrons. The first-order valence-corrected chi connectivity index (χ1v) is 10.9. The van der Waals surface area contributed by atoms with Gasteiger partial charge in [-0.25, -0.2) is 9.37 Å². The van der Waals surface area contributed by atoms with E-state index in [1.807, 2.05) is 19.1 Å². The average molecular weight is 454 g/mol. The minimum Gasteiger partial charge on any atom is -0.466 e. The van der Waals surface area contributed by atoms with E-state index < -0.39 is 0 Å². The molecule has 0 saturated carbocycles. The predicted molar refractivity (Wildman–Crippen MR) is 120 cm³/mol. The Bertz CT molecular complexity index is 1320. The summed E-state index contributed by atoms with van der Waals surface area (Å²) in [7, 11) is 0. The third kappa shape index (κ3) is 3.64. The summed E-state index contributed by atoms with van der Waals surface area (Å²) in [4.78, 5) is 19.4. The number of carbonyl (C=O) groups is 1. The van der Waals surface area contributed by atoms with Gasteiger partial charge >= 0.3 is 5.97 Å². The maximum absolute atomic E-state index is 13.9. The summed E-state index contributed by atoms with van der Waals surface area (Å²) in [5.74, 6) is -0.0672. The molecule has 32 heavy (non-hydrogen) atoms. The molecule has 0 bridgehead atoms. The monoisotopic (exact) mass is 453 g/mol. The molecule has 1 aliphatic rings. The first-order chi connectivity index (χ1) is 15.5. The van der Waals surface area contributed by atoms with Crippen molar-refractivity contribution in [3.05, 3.63) is 53.3 Å². The number of fused-ring (bicyclic) bond motifs is 3. The molecule has 7 nitrogen and oxygen atoms in total. The van der Waals surface area contributed by atoms with Crippen molar-refractivity contribution in [3.8, 4) is 11.3 Å². The summed E-state index contributed by atoms with van der Waals surface area (Å²) in [5, 5.41) is 9.96. The molecule has 0 N–H and O–H groups in total. The van der Waals surface area contributed by atoms with Gasteiger partial charge in [0, 0.05) is 29.1 Å². The van der Waals surface area contributed by atoms with Crippen molar-refractivity contribution in [2.75, 3.05) is 24.6 Å². The van der Waals surface area contributed by atoms with E-state index in [-0.39, 0.29) is 17.7 Å². The molecule has 0 unspecified atom stereocenters. The van der Waals surface area contributed by atoms with E-state index in [0.717, 1.165) is 30.3 Å². The Hall–Kier alpha value is -3.26. The molecule has 2 aromatic heterocycles. The molecule has 0 spiro atoms. The maximum Gasteiger partial charge on any atom is 0.310 e. The lowest BCUT2D eigenvalue weighted by molar-refractivity contribution is -0.148. The number of piperidine rings is 1. The predicted octanol–water partition coefficient (Wildman–Crippen LogP) is 4.52. The van der Waals surface area contributed by atoms with Crippen molar-refractivity contribution in [2.45, 2.75) is 19.8 Å². The van der Waals surface area contributed by atoms with Gasteiger partial charge in [0.05, 0.1) is 18.0 Å². The summed E-state index contributed by atoms with van der Waals surface area (Å²) >= 11 is 6.31. The molecule has 0 amide bonds. The Kier molecular flexibility index (Phi) is 5.38. The molecule has 4 aromatic rings. The highest BCUT2D eigenvalue weighted by atomic mass is 35.5. The first kappa shape index (κ1) is 20.6. The summed E-state index contributed by atoms with van der Waals surface area (Å²) < 4.78 is 20.8. The number of ether oxygens (including phenoxy) is 1. The number of hydrogen-bond acceptors (Lipinski definition) is 6. The van der Waals surface area contributed by atoms with Crippen molar-refractivity contribution < 1.29 is 13.9 Å². The SMILES string of the molecule is CCOC(=O)[C@H]1CCCN(c2nc3c(-c4cccc(F)c4)nnn3c3ccc(Cl)cc23)C1. The highest BCUT2D eigenvalue weighted by molar-refractivity contribution is 6.31. The van der Waals surface area contributed by atoms with Gasteiger partial charge in [0.2, 0.25) is 0 Å². The standard InChI is InChI=1S/C23H21ClFN5O2/c1-2-32-23(31)15-6-4-10-29(13-15)21-18-12-16(24)8-9-19(18)30-22(26-21)20(27-28-30)14-5-3-7-17(25)11-14/h3,5,7-9,11-12,15H,2,4,6,10,13H2,1H3/t15-/m0/s1. The van der Waals surface area contributed by atoms with Crippen LogP contribution in [-0.2, 0) is 9.53 Å². The van der Waals surface area contributed by atoms with Crippen molar-refractivity contribution >= 4 is 39.9 Å². The molecule has 1 saturated heterocycles. The molecule has 1 aliphatic heterocycles. The highest BCUT2D eigenvalue weighted by Crippen LogP contribution is 2.33. The van der Waals surface area contributed by atoms with Gasteiger partial charge in [-0.2, -0.15) is 4.52 Å². The summed E-state index contributed by atoms with van der Waals surface area (Å²) in [6, 6.07) is 11.7. The van der Waals surface area contributed by atoms with Crippen LogP contribution in [0.4, 0.5) is 10.2 Å². The van der Waals surface area contributed by atoms with Crippen molar-refractivity contribution in [1.82, 2.24) is 19.8 Å². The molecule has 1 fully saturated rings. The van der Waals surface area contributed by atoms with E-state index in [9.17, 15) is 9.18 Å². The van der Waals surface area contributed by atoms with Crippen LogP contribution in [0.2, 0.25) is 5.02 Å². The number of carbonyl (C=O) groups excluding carboxylic acids is 1. The van der Waals surface area contributed by atoms with Gasteiger partial charge in [0.25, 0.3) is 0 Å². The zero-order chi connectivity index (χ0) is 22.2. The highest BCUT2D eigenvalue weighted by Gasteiger charge is 2.29. The smallest absolute Gasteiger partial charge is 0.310 e. The first-order valence-electron chi connectivity index (χ1n) is 10.6. The zero-order valence-electron chi connectivity index (χ0n) is 17.5. The van der Waals surface area contributed by atoms with Gasteiger partial charge in [-0.3, -0.25) is 4.79 Å². The lowest BCUT2D eigenvalue weighted by Crippen LogP contribution is -2.40. The fourth-order valence-electron chi connectivity index (χ4n) is 4.26. The lowest BCUT2D eigenvalue weighted by atomic mass is 9.98. The molecule has 164 valence electrons. The molecule has 9 heteroatoms. The number of halogens is 2. The maximum atomic E-state index is 13.9. The minimum absolute atomic E-state index is 0.188. The van der Waals surface area contributed by atoms with E-state index in [2.05, 4.69) is 15.2 Å². The number of rotatable bonds is 4. The number of esters is 1. The van der Waals surface area contributed by atoms with E-state index >= 15 is 0 Å². The molecule has 2 aromatic carbocycles. The fraction of sp³-hybridized carbons (Fsp3) is 0.304. The normalized spacial score (nSPS) is 16.6. The summed E-state index contributed by atoms with van der Waals surface area (Å²) in [6.07, 6.45) is 1.62. The molecular weight excluding hydrogens is 433 g/mol. The van der Waals surface area contributed by atoms with Crippen molar-refractivity contribution in [2.24, 2.45) is 5.92 Å². The number of hydrogen-bond donors (Lipinski definition) is 0. The molecule has 5 rings (SSSR count). The third-order valence-corrected chi connectivity index (χ3v) is 5.96. The zero-order valence-corrected chi connectivity index (χ0v) is 18.2. The number of nitrogens with zero attached hydrogens (tertiary/aromatic N) is 5. The lowest BCUT2D eigenvalue weighted by Gasteiger charge is -2.33. The Morgan fingerprint density at radius 1 is 1.28 bits per heavy atom. The Morgan fingerprint density at radius 3 is 2.97 bits per heavy atom. The molecule has 1 atom stereocenters. The summed E-state index contributed by atoms with van der Waals surface area (Å²) in [5.41, 5.74) is 2.37. The second kappa shape index (κ2) is 8.35. The van der Waals surface area contributed by atoms with Crippen LogP contribution in [0.3, 0.4) is 0 Å². The van der Waals surface area contributed by atoms with Gasteiger partial charge in [-0.15, -0.1) is 5.10 Å². The third-order valence-electron chi connectivity index (χ3n) is 5.72. The van der Waals surface area contributed by atoms with Crippen molar-refractivity contribution in [1.29, 1.82) is 0 Å². The second-order valence-corrected chi connectivity index (χ2v) is 8.25. The van der Waals surface area contributed by atoms with Crippen LogP contribution in [0, 0.1) is 11.7 Å². The van der Waals surface area contributed by atoms with Gasteiger partial charge in [0.15, 0.2) is 5.65 Å². The van der Waals surface area contributed by atoms with Gasteiger partial charge in [0.1, 0.15) is 17.3 Å². The topological polar surface area (TPSA) is 72.6 Å². The van der Waals surface area contributed by atoms with Crippen LogP contribution in [0.15, 0.2) is 42.5 Å². The van der Waals surface area contributed by atoms with Crippen LogP contribution < -0.4 is 4.90 Å². The fourth-order valence-corrected chi connectivity index (χ4v) is 4.43. The molecule has 0 aliphatic carbocycles. The van der Waals surface area contributed by atoms with E-state index in [4.69, 9.17) is 21.3 Å². The van der Waals surface area contributed by atoms with Gasteiger partial charge in [-0.05, 0) is 50.1 Å².